The van der Waals surface area contributed by atoms with E-state index in [4.69, 9.17) is 5.73 Å². The van der Waals surface area contributed by atoms with Crippen LogP contribution in [0.5, 0.6) is 0 Å². The van der Waals surface area contributed by atoms with Crippen LogP contribution in [0.4, 0.5) is 11.4 Å². The van der Waals surface area contributed by atoms with E-state index in [1.165, 1.54) is 0 Å². The molecule has 0 aliphatic heterocycles. The fourth-order valence-corrected chi connectivity index (χ4v) is 2.94. The Hall–Kier alpha value is -1.33. The Morgan fingerprint density at radius 3 is 2.58 bits per heavy atom. The summed E-state index contributed by atoms with van der Waals surface area (Å²) >= 11 is 6.73. The first kappa shape index (κ1) is 14.1. The normalized spacial score (nSPS) is 10.3. The number of amides is 1. The van der Waals surface area contributed by atoms with Gasteiger partial charge in [-0.15, -0.1) is 0 Å². The van der Waals surface area contributed by atoms with Gasteiger partial charge in [0, 0.05) is 8.95 Å². The third-order valence-corrected chi connectivity index (χ3v) is 3.87. The van der Waals surface area contributed by atoms with Crippen molar-refractivity contribution in [1.29, 1.82) is 0 Å². The number of anilines is 2. The molecule has 0 aliphatic carbocycles. The molecular weight excluding hydrogens is 372 g/mol. The molecule has 19 heavy (non-hydrogen) atoms. The van der Waals surface area contributed by atoms with Crippen LogP contribution in [0.3, 0.4) is 0 Å². The average Bonchev–Trinajstić information content (AvgIpc) is 2.33. The summed E-state index contributed by atoms with van der Waals surface area (Å²) in [5, 5.41) is 2.85. The van der Waals surface area contributed by atoms with Crippen molar-refractivity contribution < 1.29 is 4.79 Å². The molecule has 0 unspecified atom stereocenters. The minimum Gasteiger partial charge on any atom is -0.397 e. The summed E-state index contributed by atoms with van der Waals surface area (Å²) in [6.07, 6.45) is 0. The van der Waals surface area contributed by atoms with Gasteiger partial charge in [0.1, 0.15) is 0 Å². The van der Waals surface area contributed by atoms with Crippen molar-refractivity contribution >= 4 is 49.1 Å². The molecule has 0 spiro atoms. The van der Waals surface area contributed by atoms with Gasteiger partial charge in [-0.25, -0.2) is 0 Å². The van der Waals surface area contributed by atoms with Crippen molar-refractivity contribution in [1.82, 2.24) is 0 Å². The molecule has 0 saturated heterocycles. The monoisotopic (exact) mass is 382 g/mol. The predicted molar refractivity (Wildman–Crippen MR) is 85.4 cm³/mol. The Kier molecular flexibility index (Phi) is 4.27. The Labute approximate surface area is 128 Å². The molecule has 1 amide bonds. The summed E-state index contributed by atoms with van der Waals surface area (Å²) in [5.41, 5.74) is 8.58. The van der Waals surface area contributed by atoms with Crippen LogP contribution in [0.1, 0.15) is 15.9 Å². The number of nitrogens with one attached hydrogen (secondary N) is 1. The van der Waals surface area contributed by atoms with Crippen LogP contribution in [0.15, 0.2) is 45.3 Å². The highest BCUT2D eigenvalue weighted by Gasteiger charge is 2.13. The molecular formula is C14H12Br2N2O. The van der Waals surface area contributed by atoms with E-state index in [1.807, 2.05) is 31.2 Å². The number of halogens is 2. The number of nitrogens with two attached hydrogens (primary N) is 1. The number of para-hydroxylation sites is 1. The third kappa shape index (κ3) is 3.16. The van der Waals surface area contributed by atoms with Gasteiger partial charge in [0.2, 0.25) is 0 Å². The average molecular weight is 384 g/mol. The molecule has 3 nitrogen and oxygen atoms in total. The SMILES string of the molecule is Cc1cccc(N)c1NC(=O)c1ccc(Br)cc1Br. The van der Waals surface area contributed by atoms with E-state index in [-0.39, 0.29) is 5.91 Å². The van der Waals surface area contributed by atoms with Crippen molar-refractivity contribution in [3.8, 4) is 0 Å². The number of carbonyl (C=O) groups excluding carboxylic acids is 1. The van der Waals surface area contributed by atoms with Gasteiger partial charge in [0.05, 0.1) is 16.9 Å². The quantitative estimate of drug-likeness (QED) is 0.757. The lowest BCUT2D eigenvalue weighted by atomic mass is 10.1. The van der Waals surface area contributed by atoms with E-state index in [0.717, 1.165) is 14.5 Å². The molecule has 2 aromatic rings. The van der Waals surface area contributed by atoms with Gasteiger partial charge >= 0.3 is 0 Å². The van der Waals surface area contributed by atoms with Crippen LogP contribution in [-0.2, 0) is 0 Å². The van der Waals surface area contributed by atoms with E-state index in [2.05, 4.69) is 37.2 Å². The Morgan fingerprint density at radius 1 is 1.21 bits per heavy atom. The zero-order chi connectivity index (χ0) is 14.0. The minimum absolute atomic E-state index is 0.194. The zero-order valence-electron chi connectivity index (χ0n) is 10.2. The lowest BCUT2D eigenvalue weighted by Gasteiger charge is -2.12. The van der Waals surface area contributed by atoms with Crippen LogP contribution in [0.25, 0.3) is 0 Å². The van der Waals surface area contributed by atoms with E-state index in [1.54, 1.807) is 12.1 Å². The summed E-state index contributed by atoms with van der Waals surface area (Å²) < 4.78 is 1.64. The highest BCUT2D eigenvalue weighted by atomic mass is 79.9. The van der Waals surface area contributed by atoms with Gasteiger partial charge in [-0.05, 0) is 52.7 Å². The van der Waals surface area contributed by atoms with Crippen molar-refractivity contribution in [2.45, 2.75) is 6.92 Å². The number of benzene rings is 2. The molecule has 0 heterocycles. The smallest absolute Gasteiger partial charge is 0.256 e. The summed E-state index contributed by atoms with van der Waals surface area (Å²) in [5.74, 6) is -0.194. The first-order chi connectivity index (χ1) is 8.99. The molecule has 0 fully saturated rings. The summed E-state index contributed by atoms with van der Waals surface area (Å²) in [7, 11) is 0. The molecule has 0 aromatic heterocycles. The van der Waals surface area contributed by atoms with Crippen LogP contribution < -0.4 is 11.1 Å². The predicted octanol–water partition coefficient (Wildman–Crippen LogP) is 4.35. The third-order valence-electron chi connectivity index (χ3n) is 2.72. The van der Waals surface area contributed by atoms with Crippen molar-refractivity contribution in [3.05, 3.63) is 56.5 Å². The lowest BCUT2D eigenvalue weighted by molar-refractivity contribution is 0.102. The molecule has 0 radical (unpaired) electrons. The Balaban J connectivity index is 2.31. The number of rotatable bonds is 2. The standard InChI is InChI=1S/C14H12Br2N2O/c1-8-3-2-4-12(17)13(8)18-14(19)10-6-5-9(15)7-11(10)16/h2-7H,17H2,1H3,(H,18,19). The maximum atomic E-state index is 12.2. The Bertz CT molecular complexity index is 621. The number of carbonyl (C=O) groups is 1. The first-order valence-corrected chi connectivity index (χ1v) is 7.19. The van der Waals surface area contributed by atoms with Crippen LogP contribution in [0.2, 0.25) is 0 Å². The summed E-state index contributed by atoms with van der Waals surface area (Å²) in [6, 6.07) is 10.9. The number of hydrogen-bond acceptors (Lipinski definition) is 2. The van der Waals surface area contributed by atoms with Gasteiger partial charge in [-0.2, -0.15) is 0 Å². The maximum Gasteiger partial charge on any atom is 0.256 e. The molecule has 2 rings (SSSR count). The van der Waals surface area contributed by atoms with Crippen LogP contribution in [-0.4, -0.2) is 5.91 Å². The lowest BCUT2D eigenvalue weighted by Crippen LogP contribution is -2.14. The first-order valence-electron chi connectivity index (χ1n) is 5.60. The topological polar surface area (TPSA) is 55.1 Å². The second kappa shape index (κ2) is 5.75. The number of hydrogen-bond donors (Lipinski definition) is 2. The molecule has 2 aromatic carbocycles. The van der Waals surface area contributed by atoms with E-state index in [0.29, 0.717) is 16.9 Å². The van der Waals surface area contributed by atoms with E-state index < -0.39 is 0 Å². The minimum atomic E-state index is -0.194. The van der Waals surface area contributed by atoms with Crippen molar-refractivity contribution in [2.75, 3.05) is 11.1 Å². The zero-order valence-corrected chi connectivity index (χ0v) is 13.4. The van der Waals surface area contributed by atoms with Crippen molar-refractivity contribution in [2.24, 2.45) is 0 Å². The molecule has 98 valence electrons. The molecule has 0 saturated carbocycles. The molecule has 0 bridgehead atoms. The van der Waals surface area contributed by atoms with Crippen molar-refractivity contribution in [3.63, 3.8) is 0 Å². The Morgan fingerprint density at radius 2 is 1.95 bits per heavy atom. The van der Waals surface area contributed by atoms with Gasteiger partial charge < -0.3 is 11.1 Å². The molecule has 0 aliphatic rings. The van der Waals surface area contributed by atoms with Crippen LogP contribution >= 0.6 is 31.9 Å². The van der Waals surface area contributed by atoms with E-state index in [9.17, 15) is 4.79 Å². The number of nitrogen functional groups attached to an aromatic ring is 1. The van der Waals surface area contributed by atoms with Gasteiger partial charge in [-0.3, -0.25) is 4.79 Å². The summed E-state index contributed by atoms with van der Waals surface area (Å²) in [4.78, 5) is 12.2. The van der Waals surface area contributed by atoms with Gasteiger partial charge in [0.25, 0.3) is 5.91 Å². The largest absolute Gasteiger partial charge is 0.397 e. The van der Waals surface area contributed by atoms with Gasteiger partial charge in [-0.1, -0.05) is 28.1 Å². The number of aryl methyl sites for hydroxylation is 1. The molecule has 3 N–H and O–H groups in total. The highest BCUT2D eigenvalue weighted by molar-refractivity contribution is 9.11. The van der Waals surface area contributed by atoms with Crippen LogP contribution in [0, 0.1) is 6.92 Å². The second-order valence-electron chi connectivity index (χ2n) is 4.12. The van der Waals surface area contributed by atoms with E-state index >= 15 is 0 Å². The molecule has 5 heteroatoms. The summed E-state index contributed by atoms with van der Waals surface area (Å²) in [6.45, 7) is 1.91. The maximum absolute atomic E-state index is 12.2. The highest BCUT2D eigenvalue weighted by Crippen LogP contribution is 2.26. The molecule has 0 atom stereocenters. The fraction of sp³-hybridized carbons (Fsp3) is 0.0714. The second-order valence-corrected chi connectivity index (χ2v) is 5.89. The fourth-order valence-electron chi connectivity index (χ4n) is 1.72. The van der Waals surface area contributed by atoms with Gasteiger partial charge in [0.15, 0.2) is 0 Å².